The third-order valence-electron chi connectivity index (χ3n) is 2.02. The molecule has 1 aromatic carbocycles. The van der Waals surface area contributed by atoms with Gasteiger partial charge in [-0.1, -0.05) is 18.2 Å². The number of carbonyl (C=O) groups is 1. The Labute approximate surface area is 103 Å². The SMILES string of the molecule is N#Cc1cncc(NC(=O)Nc2ccccc2)n1. The highest BCUT2D eigenvalue weighted by Crippen LogP contribution is 2.06. The lowest BCUT2D eigenvalue weighted by Crippen LogP contribution is -2.20. The molecule has 0 atom stereocenters. The first-order valence-corrected chi connectivity index (χ1v) is 5.13. The minimum absolute atomic E-state index is 0.146. The van der Waals surface area contributed by atoms with Gasteiger partial charge in [-0.05, 0) is 12.1 Å². The zero-order chi connectivity index (χ0) is 12.8. The quantitative estimate of drug-likeness (QED) is 0.838. The lowest BCUT2D eigenvalue weighted by Gasteiger charge is -2.06. The van der Waals surface area contributed by atoms with Gasteiger partial charge in [-0.3, -0.25) is 10.3 Å². The van der Waals surface area contributed by atoms with Gasteiger partial charge in [0.1, 0.15) is 6.07 Å². The Bertz CT molecular complexity index is 591. The monoisotopic (exact) mass is 239 g/mol. The number of benzene rings is 1. The second-order valence-corrected chi connectivity index (χ2v) is 3.35. The van der Waals surface area contributed by atoms with Crippen molar-refractivity contribution in [2.45, 2.75) is 0 Å². The van der Waals surface area contributed by atoms with Crippen LogP contribution in [-0.4, -0.2) is 16.0 Å². The Morgan fingerprint density at radius 2 is 1.94 bits per heavy atom. The number of hydrogen-bond acceptors (Lipinski definition) is 4. The molecule has 0 spiro atoms. The number of aromatic nitrogens is 2. The number of nitriles is 1. The number of nitrogens with one attached hydrogen (secondary N) is 2. The first-order valence-electron chi connectivity index (χ1n) is 5.13. The molecule has 6 nitrogen and oxygen atoms in total. The van der Waals surface area contributed by atoms with Crippen LogP contribution in [0.25, 0.3) is 0 Å². The number of carbonyl (C=O) groups excluding carboxylic acids is 1. The number of anilines is 2. The molecule has 88 valence electrons. The van der Waals surface area contributed by atoms with Gasteiger partial charge in [0.2, 0.25) is 0 Å². The average Bonchev–Trinajstić information content (AvgIpc) is 2.40. The molecule has 2 rings (SSSR count). The van der Waals surface area contributed by atoms with Gasteiger partial charge >= 0.3 is 6.03 Å². The van der Waals surface area contributed by atoms with E-state index in [-0.39, 0.29) is 11.5 Å². The fraction of sp³-hybridized carbons (Fsp3) is 0. The topological polar surface area (TPSA) is 90.7 Å². The lowest BCUT2D eigenvalue weighted by atomic mass is 10.3. The molecular weight excluding hydrogens is 230 g/mol. The summed E-state index contributed by atoms with van der Waals surface area (Å²) in [5.41, 5.74) is 0.812. The van der Waals surface area contributed by atoms with Crippen molar-refractivity contribution in [1.29, 1.82) is 5.26 Å². The molecule has 0 saturated heterocycles. The van der Waals surface area contributed by atoms with E-state index in [9.17, 15) is 4.79 Å². The Kier molecular flexibility index (Phi) is 3.47. The number of para-hydroxylation sites is 1. The van der Waals surface area contributed by atoms with Crippen molar-refractivity contribution >= 4 is 17.5 Å². The highest BCUT2D eigenvalue weighted by atomic mass is 16.2. The van der Waals surface area contributed by atoms with Gasteiger partial charge in [-0.25, -0.2) is 9.78 Å². The van der Waals surface area contributed by atoms with E-state index < -0.39 is 6.03 Å². The van der Waals surface area contributed by atoms with E-state index in [2.05, 4.69) is 20.6 Å². The smallest absolute Gasteiger partial charge is 0.308 e. The predicted molar refractivity (Wildman–Crippen MR) is 65.8 cm³/mol. The van der Waals surface area contributed by atoms with Crippen LogP contribution in [-0.2, 0) is 0 Å². The Morgan fingerprint density at radius 3 is 2.67 bits per heavy atom. The Balaban J connectivity index is 2.01. The van der Waals surface area contributed by atoms with Crippen LogP contribution < -0.4 is 10.6 Å². The van der Waals surface area contributed by atoms with Crippen LogP contribution in [0, 0.1) is 11.3 Å². The Hall–Kier alpha value is -2.94. The molecule has 2 amide bonds. The van der Waals surface area contributed by atoms with E-state index >= 15 is 0 Å². The van der Waals surface area contributed by atoms with E-state index in [1.807, 2.05) is 24.3 Å². The highest BCUT2D eigenvalue weighted by Gasteiger charge is 2.04. The molecule has 0 aliphatic heterocycles. The van der Waals surface area contributed by atoms with E-state index in [1.165, 1.54) is 12.4 Å². The summed E-state index contributed by atoms with van der Waals surface area (Å²) in [5.74, 6) is 0.225. The molecule has 0 aliphatic rings. The molecule has 0 radical (unpaired) electrons. The van der Waals surface area contributed by atoms with E-state index in [0.717, 1.165) is 0 Å². The average molecular weight is 239 g/mol. The molecule has 18 heavy (non-hydrogen) atoms. The van der Waals surface area contributed by atoms with Gasteiger partial charge < -0.3 is 5.32 Å². The van der Waals surface area contributed by atoms with Gasteiger partial charge in [-0.15, -0.1) is 0 Å². The molecule has 1 aromatic heterocycles. The van der Waals surface area contributed by atoms with Gasteiger partial charge in [-0.2, -0.15) is 5.26 Å². The third-order valence-corrected chi connectivity index (χ3v) is 2.02. The van der Waals surface area contributed by atoms with Gasteiger partial charge in [0.15, 0.2) is 11.5 Å². The molecule has 1 heterocycles. The molecule has 0 bridgehead atoms. The minimum atomic E-state index is -0.439. The van der Waals surface area contributed by atoms with Crippen molar-refractivity contribution in [2.75, 3.05) is 10.6 Å². The van der Waals surface area contributed by atoms with E-state index in [1.54, 1.807) is 12.1 Å². The lowest BCUT2D eigenvalue weighted by molar-refractivity contribution is 0.262. The molecule has 0 aliphatic carbocycles. The number of hydrogen-bond donors (Lipinski definition) is 2. The van der Waals surface area contributed by atoms with Crippen molar-refractivity contribution < 1.29 is 4.79 Å². The molecule has 0 saturated carbocycles. The summed E-state index contributed by atoms with van der Waals surface area (Å²) in [6, 6.07) is 10.4. The van der Waals surface area contributed by atoms with Crippen molar-refractivity contribution in [1.82, 2.24) is 9.97 Å². The van der Waals surface area contributed by atoms with Gasteiger partial charge in [0.25, 0.3) is 0 Å². The fourth-order valence-corrected chi connectivity index (χ4v) is 1.28. The predicted octanol–water partition coefficient (Wildman–Crippen LogP) is 1.99. The van der Waals surface area contributed by atoms with Crippen LogP contribution >= 0.6 is 0 Å². The Morgan fingerprint density at radius 1 is 1.17 bits per heavy atom. The zero-order valence-electron chi connectivity index (χ0n) is 9.29. The molecule has 2 aromatic rings. The van der Waals surface area contributed by atoms with Crippen LogP contribution in [0.15, 0.2) is 42.7 Å². The number of nitrogens with zero attached hydrogens (tertiary/aromatic N) is 3. The molecule has 0 unspecified atom stereocenters. The van der Waals surface area contributed by atoms with Crippen LogP contribution in [0.5, 0.6) is 0 Å². The maximum absolute atomic E-state index is 11.6. The summed E-state index contributed by atoms with van der Waals surface area (Å²) in [7, 11) is 0. The summed E-state index contributed by atoms with van der Waals surface area (Å²) in [5, 5.41) is 13.8. The van der Waals surface area contributed by atoms with Gasteiger partial charge in [0, 0.05) is 5.69 Å². The maximum atomic E-state index is 11.6. The van der Waals surface area contributed by atoms with Crippen LogP contribution in [0.4, 0.5) is 16.3 Å². The standard InChI is InChI=1S/C12H9N5O/c13-6-10-7-14-8-11(15-10)17-12(18)16-9-4-2-1-3-5-9/h1-5,7-8H,(H2,15,16,17,18). The highest BCUT2D eigenvalue weighted by molar-refractivity contribution is 5.99. The normalized spacial score (nSPS) is 9.28. The molecule has 6 heteroatoms. The summed E-state index contributed by atoms with van der Waals surface area (Å²) >= 11 is 0. The minimum Gasteiger partial charge on any atom is -0.308 e. The van der Waals surface area contributed by atoms with Crippen LogP contribution in [0.2, 0.25) is 0 Å². The zero-order valence-corrected chi connectivity index (χ0v) is 9.29. The molecule has 2 N–H and O–H groups in total. The molecule has 0 fully saturated rings. The second kappa shape index (κ2) is 5.41. The third kappa shape index (κ3) is 3.02. The van der Waals surface area contributed by atoms with Crippen molar-refractivity contribution in [3.63, 3.8) is 0 Å². The summed E-state index contributed by atoms with van der Waals surface area (Å²) < 4.78 is 0. The van der Waals surface area contributed by atoms with Crippen molar-refractivity contribution in [3.8, 4) is 6.07 Å². The summed E-state index contributed by atoms with van der Waals surface area (Å²) in [6.45, 7) is 0. The second-order valence-electron chi connectivity index (χ2n) is 3.35. The number of amides is 2. The van der Waals surface area contributed by atoms with E-state index in [0.29, 0.717) is 5.69 Å². The first-order chi connectivity index (χ1) is 8.78. The fourth-order valence-electron chi connectivity index (χ4n) is 1.28. The van der Waals surface area contributed by atoms with Gasteiger partial charge in [0.05, 0.1) is 12.4 Å². The van der Waals surface area contributed by atoms with Crippen molar-refractivity contribution in [3.05, 3.63) is 48.4 Å². The van der Waals surface area contributed by atoms with Crippen molar-refractivity contribution in [2.24, 2.45) is 0 Å². The first kappa shape index (κ1) is 11.5. The summed E-state index contributed by atoms with van der Waals surface area (Å²) in [6.07, 6.45) is 2.69. The molecular formula is C12H9N5O. The van der Waals surface area contributed by atoms with Crippen LogP contribution in [0.1, 0.15) is 5.69 Å². The summed E-state index contributed by atoms with van der Waals surface area (Å²) in [4.78, 5) is 19.3. The van der Waals surface area contributed by atoms with Crippen LogP contribution in [0.3, 0.4) is 0 Å². The number of rotatable bonds is 2. The number of urea groups is 1. The maximum Gasteiger partial charge on any atom is 0.324 e. The van der Waals surface area contributed by atoms with E-state index in [4.69, 9.17) is 5.26 Å². The largest absolute Gasteiger partial charge is 0.324 e.